The molecule has 1 aromatic heterocycles. The van der Waals surface area contributed by atoms with E-state index in [9.17, 15) is 4.79 Å². The minimum absolute atomic E-state index is 0.451. The lowest BCUT2D eigenvalue weighted by molar-refractivity contribution is 0.100. The van der Waals surface area contributed by atoms with Crippen LogP contribution in [0.4, 0.5) is 5.95 Å². The molecule has 138 valence electrons. The van der Waals surface area contributed by atoms with Gasteiger partial charge in [-0.1, -0.05) is 23.7 Å². The second kappa shape index (κ2) is 9.00. The van der Waals surface area contributed by atoms with E-state index in [0.717, 1.165) is 23.4 Å². The standard InChI is InChI=1S/C20H19ClN4O2/c21-16-6-8-17(9-7-16)27-13-1-11-23-20-24-12-10-18(25-20)14-2-4-15(5-3-14)19(22)26/h2-10,12H,1,11,13H2,(H2,22,26)(H,23,24,25). The summed E-state index contributed by atoms with van der Waals surface area (Å²) >= 11 is 5.84. The van der Waals surface area contributed by atoms with Crippen molar-refractivity contribution in [3.63, 3.8) is 0 Å². The molecule has 0 aliphatic rings. The lowest BCUT2D eigenvalue weighted by Gasteiger charge is -2.08. The van der Waals surface area contributed by atoms with E-state index in [1.54, 1.807) is 30.5 Å². The summed E-state index contributed by atoms with van der Waals surface area (Å²) in [6.45, 7) is 1.25. The predicted molar refractivity (Wildman–Crippen MR) is 106 cm³/mol. The number of primary amides is 1. The van der Waals surface area contributed by atoms with Gasteiger partial charge in [-0.15, -0.1) is 0 Å². The maximum atomic E-state index is 11.2. The number of amides is 1. The summed E-state index contributed by atoms with van der Waals surface area (Å²) in [5.41, 5.74) is 7.37. The second-order valence-corrected chi connectivity index (χ2v) is 6.23. The molecule has 7 heteroatoms. The third-order valence-electron chi connectivity index (χ3n) is 3.81. The van der Waals surface area contributed by atoms with Crippen molar-refractivity contribution in [3.8, 4) is 17.0 Å². The van der Waals surface area contributed by atoms with Crippen LogP contribution in [0.3, 0.4) is 0 Å². The minimum atomic E-state index is -0.451. The van der Waals surface area contributed by atoms with Gasteiger partial charge < -0.3 is 15.8 Å². The highest BCUT2D eigenvalue weighted by molar-refractivity contribution is 6.30. The van der Waals surface area contributed by atoms with Gasteiger partial charge in [0, 0.05) is 28.9 Å². The molecule has 0 radical (unpaired) electrons. The quantitative estimate of drug-likeness (QED) is 0.578. The summed E-state index contributed by atoms with van der Waals surface area (Å²) in [5.74, 6) is 0.877. The van der Waals surface area contributed by atoms with Crippen LogP contribution in [-0.2, 0) is 0 Å². The topological polar surface area (TPSA) is 90.1 Å². The number of nitrogens with two attached hydrogens (primary N) is 1. The fourth-order valence-corrected chi connectivity index (χ4v) is 2.53. The third kappa shape index (κ3) is 5.43. The van der Waals surface area contributed by atoms with Gasteiger partial charge in [-0.3, -0.25) is 4.79 Å². The van der Waals surface area contributed by atoms with Crippen molar-refractivity contribution >= 4 is 23.5 Å². The molecule has 0 spiro atoms. The number of ether oxygens (including phenoxy) is 1. The fourth-order valence-electron chi connectivity index (χ4n) is 2.40. The molecule has 0 atom stereocenters. The third-order valence-corrected chi connectivity index (χ3v) is 4.06. The van der Waals surface area contributed by atoms with E-state index < -0.39 is 5.91 Å². The SMILES string of the molecule is NC(=O)c1ccc(-c2ccnc(NCCCOc3ccc(Cl)cc3)n2)cc1. The van der Waals surface area contributed by atoms with Crippen LogP contribution in [0.2, 0.25) is 5.02 Å². The van der Waals surface area contributed by atoms with Gasteiger partial charge >= 0.3 is 0 Å². The molecule has 3 rings (SSSR count). The molecule has 6 nitrogen and oxygen atoms in total. The van der Waals surface area contributed by atoms with Crippen molar-refractivity contribution in [2.24, 2.45) is 5.73 Å². The van der Waals surface area contributed by atoms with Crippen molar-refractivity contribution < 1.29 is 9.53 Å². The number of rotatable bonds is 8. The van der Waals surface area contributed by atoms with Crippen LogP contribution in [0.25, 0.3) is 11.3 Å². The van der Waals surface area contributed by atoms with Crippen LogP contribution in [0, 0.1) is 0 Å². The number of halogens is 1. The Bertz CT molecular complexity index is 899. The first-order chi connectivity index (χ1) is 13.1. The monoisotopic (exact) mass is 382 g/mol. The molecular weight excluding hydrogens is 364 g/mol. The van der Waals surface area contributed by atoms with Gasteiger partial charge in [0.15, 0.2) is 0 Å². The second-order valence-electron chi connectivity index (χ2n) is 5.79. The number of nitrogens with zero attached hydrogens (tertiary/aromatic N) is 2. The number of aromatic nitrogens is 2. The van der Waals surface area contributed by atoms with E-state index in [2.05, 4.69) is 15.3 Å². The van der Waals surface area contributed by atoms with E-state index in [1.807, 2.05) is 30.3 Å². The van der Waals surface area contributed by atoms with E-state index >= 15 is 0 Å². The average molecular weight is 383 g/mol. The van der Waals surface area contributed by atoms with Gasteiger partial charge in [0.25, 0.3) is 0 Å². The number of carbonyl (C=O) groups excluding carboxylic acids is 1. The van der Waals surface area contributed by atoms with Gasteiger partial charge in [0.1, 0.15) is 5.75 Å². The maximum Gasteiger partial charge on any atom is 0.248 e. The summed E-state index contributed by atoms with van der Waals surface area (Å²) in [6, 6.07) is 16.1. The first-order valence-electron chi connectivity index (χ1n) is 8.47. The van der Waals surface area contributed by atoms with E-state index in [4.69, 9.17) is 22.1 Å². The van der Waals surface area contributed by atoms with Crippen molar-refractivity contribution in [2.45, 2.75) is 6.42 Å². The summed E-state index contributed by atoms with van der Waals surface area (Å²) in [6.07, 6.45) is 2.49. The molecule has 0 saturated heterocycles. The van der Waals surface area contributed by atoms with Crippen LogP contribution < -0.4 is 15.8 Å². The summed E-state index contributed by atoms with van der Waals surface area (Å²) in [7, 11) is 0. The van der Waals surface area contributed by atoms with Crippen molar-refractivity contribution in [2.75, 3.05) is 18.5 Å². The zero-order valence-corrected chi connectivity index (χ0v) is 15.3. The number of anilines is 1. The number of nitrogens with one attached hydrogen (secondary N) is 1. The highest BCUT2D eigenvalue weighted by Gasteiger charge is 2.04. The lowest BCUT2D eigenvalue weighted by Crippen LogP contribution is -2.10. The van der Waals surface area contributed by atoms with Gasteiger partial charge in [-0.2, -0.15) is 0 Å². The molecule has 27 heavy (non-hydrogen) atoms. The van der Waals surface area contributed by atoms with Gasteiger partial charge in [0.05, 0.1) is 12.3 Å². The van der Waals surface area contributed by atoms with Gasteiger partial charge in [0.2, 0.25) is 11.9 Å². The predicted octanol–water partition coefficient (Wildman–Crippen LogP) is 3.78. The molecule has 1 heterocycles. The maximum absolute atomic E-state index is 11.2. The van der Waals surface area contributed by atoms with Gasteiger partial charge in [-0.25, -0.2) is 9.97 Å². The Labute approximate surface area is 162 Å². The molecule has 3 N–H and O–H groups in total. The molecule has 0 aliphatic heterocycles. The molecule has 0 unspecified atom stereocenters. The summed E-state index contributed by atoms with van der Waals surface area (Å²) in [4.78, 5) is 19.9. The molecule has 0 aliphatic carbocycles. The zero-order chi connectivity index (χ0) is 19.1. The van der Waals surface area contributed by atoms with E-state index in [0.29, 0.717) is 29.7 Å². The smallest absolute Gasteiger partial charge is 0.248 e. The molecule has 0 bridgehead atoms. The Morgan fingerprint density at radius 3 is 2.52 bits per heavy atom. The first-order valence-corrected chi connectivity index (χ1v) is 8.85. The normalized spacial score (nSPS) is 10.4. The average Bonchev–Trinajstić information content (AvgIpc) is 2.69. The Kier molecular flexibility index (Phi) is 6.22. The number of hydrogen-bond acceptors (Lipinski definition) is 5. The Balaban J connectivity index is 1.50. The Morgan fingerprint density at radius 1 is 1.07 bits per heavy atom. The molecule has 1 amide bonds. The number of hydrogen-bond donors (Lipinski definition) is 2. The van der Waals surface area contributed by atoms with E-state index in [-0.39, 0.29) is 0 Å². The Hall–Kier alpha value is -3.12. The van der Waals surface area contributed by atoms with E-state index in [1.165, 1.54) is 0 Å². The van der Waals surface area contributed by atoms with Crippen LogP contribution in [0.1, 0.15) is 16.8 Å². The molecule has 0 fully saturated rings. The summed E-state index contributed by atoms with van der Waals surface area (Å²) in [5, 5.41) is 3.87. The van der Waals surface area contributed by atoms with Crippen molar-refractivity contribution in [1.29, 1.82) is 0 Å². The highest BCUT2D eigenvalue weighted by Crippen LogP contribution is 2.18. The van der Waals surface area contributed by atoms with Crippen LogP contribution in [-0.4, -0.2) is 29.0 Å². The van der Waals surface area contributed by atoms with Crippen LogP contribution >= 0.6 is 11.6 Å². The Morgan fingerprint density at radius 2 is 1.81 bits per heavy atom. The zero-order valence-electron chi connectivity index (χ0n) is 14.6. The van der Waals surface area contributed by atoms with Crippen molar-refractivity contribution in [1.82, 2.24) is 9.97 Å². The fraction of sp³-hybridized carbons (Fsp3) is 0.150. The molecule has 2 aromatic carbocycles. The van der Waals surface area contributed by atoms with Crippen LogP contribution in [0.15, 0.2) is 60.8 Å². The van der Waals surface area contributed by atoms with Crippen LogP contribution in [0.5, 0.6) is 5.75 Å². The molecular formula is C20H19ClN4O2. The number of carbonyl (C=O) groups is 1. The molecule has 0 saturated carbocycles. The lowest BCUT2D eigenvalue weighted by atomic mass is 10.1. The highest BCUT2D eigenvalue weighted by atomic mass is 35.5. The largest absolute Gasteiger partial charge is 0.494 e. The summed E-state index contributed by atoms with van der Waals surface area (Å²) < 4.78 is 5.65. The van der Waals surface area contributed by atoms with Crippen molar-refractivity contribution in [3.05, 3.63) is 71.4 Å². The number of benzene rings is 2. The first kappa shape index (κ1) is 18.7. The molecule has 3 aromatic rings. The van der Waals surface area contributed by atoms with Gasteiger partial charge in [-0.05, 0) is 48.9 Å². The minimum Gasteiger partial charge on any atom is -0.494 e.